The fourth-order valence-corrected chi connectivity index (χ4v) is 1.57. The summed E-state index contributed by atoms with van der Waals surface area (Å²) < 4.78 is 9.99. The Hall–Kier alpha value is -2.43. The average molecular weight is 247 g/mol. The van der Waals surface area contributed by atoms with Crippen LogP contribution in [-0.2, 0) is 0 Å². The number of para-hydroxylation sites is 1. The van der Waals surface area contributed by atoms with E-state index >= 15 is 0 Å². The van der Waals surface area contributed by atoms with Crippen molar-refractivity contribution in [3.05, 3.63) is 45.1 Å². The van der Waals surface area contributed by atoms with Gasteiger partial charge in [0.1, 0.15) is 5.35 Å². The van der Waals surface area contributed by atoms with Crippen LogP contribution in [-0.4, -0.2) is 16.7 Å². The summed E-state index contributed by atoms with van der Waals surface area (Å²) in [6.45, 7) is 5.76. The molecule has 0 radical (unpaired) electrons. The number of phenolic OH excluding ortho intramolecular Hbond substituents is 1. The van der Waals surface area contributed by atoms with Gasteiger partial charge in [0.2, 0.25) is 0 Å². The van der Waals surface area contributed by atoms with E-state index in [-0.39, 0.29) is 16.6 Å². The van der Waals surface area contributed by atoms with Crippen molar-refractivity contribution < 1.29 is 14.3 Å². The molecule has 0 unspecified atom stereocenters. The average Bonchev–Trinajstić information content (AvgIpc) is 2.63. The Bertz CT molecular complexity index is 711. The Morgan fingerprint density at radius 1 is 1.56 bits per heavy atom. The van der Waals surface area contributed by atoms with E-state index in [2.05, 4.69) is 11.6 Å². The minimum atomic E-state index is -0.527. The second-order valence-corrected chi connectivity index (χ2v) is 3.62. The number of aromatic nitrogens is 1. The van der Waals surface area contributed by atoms with Gasteiger partial charge in [-0.3, -0.25) is 0 Å². The van der Waals surface area contributed by atoms with E-state index in [1.54, 1.807) is 18.2 Å². The maximum absolute atomic E-state index is 11.4. The van der Waals surface area contributed by atoms with Gasteiger partial charge in [0.15, 0.2) is 17.0 Å². The van der Waals surface area contributed by atoms with E-state index in [9.17, 15) is 9.90 Å². The third-order valence-electron chi connectivity index (χ3n) is 2.34. The number of H-pyrrole nitrogens is 1. The minimum absolute atomic E-state index is 0.0148. The maximum atomic E-state index is 11.4. The van der Waals surface area contributed by atoms with E-state index in [1.165, 1.54) is 6.08 Å². The molecule has 94 valence electrons. The van der Waals surface area contributed by atoms with Crippen LogP contribution in [0.25, 0.3) is 12.7 Å². The fraction of sp³-hybridized carbons (Fsp3) is 0.154. The normalized spacial score (nSPS) is 11.7. The number of aromatic amines is 1. The highest BCUT2D eigenvalue weighted by Crippen LogP contribution is 2.29. The molecule has 0 aliphatic rings. The summed E-state index contributed by atoms with van der Waals surface area (Å²) in [7, 11) is 0. The number of oxazole rings is 1. The van der Waals surface area contributed by atoms with E-state index in [0.717, 1.165) is 0 Å². The zero-order valence-electron chi connectivity index (χ0n) is 9.90. The van der Waals surface area contributed by atoms with Crippen LogP contribution < -0.4 is 21.3 Å². The number of aromatic hydroxyl groups is 1. The molecular weight excluding hydrogens is 234 g/mol. The van der Waals surface area contributed by atoms with Crippen molar-refractivity contribution in [1.82, 2.24) is 4.98 Å². The highest BCUT2D eigenvalue weighted by molar-refractivity contribution is 5.60. The summed E-state index contributed by atoms with van der Waals surface area (Å²) in [6, 6.07) is 5.05. The van der Waals surface area contributed by atoms with Gasteiger partial charge in [-0.1, -0.05) is 12.1 Å². The van der Waals surface area contributed by atoms with Crippen molar-refractivity contribution in [1.29, 1.82) is 0 Å². The van der Waals surface area contributed by atoms with Gasteiger partial charge >= 0.3 is 5.63 Å². The maximum Gasteiger partial charge on any atom is 0.361 e. The first-order chi connectivity index (χ1) is 8.61. The van der Waals surface area contributed by atoms with Crippen LogP contribution in [0, 0.1) is 0 Å². The van der Waals surface area contributed by atoms with Gasteiger partial charge < -0.3 is 19.2 Å². The highest BCUT2D eigenvalue weighted by atomic mass is 16.5. The van der Waals surface area contributed by atoms with Crippen molar-refractivity contribution in [2.75, 3.05) is 6.61 Å². The predicted molar refractivity (Wildman–Crippen MR) is 66.9 cm³/mol. The molecule has 18 heavy (non-hydrogen) atoms. The third-order valence-corrected chi connectivity index (χ3v) is 2.34. The molecule has 1 heterocycles. The van der Waals surface area contributed by atoms with Crippen LogP contribution in [0.4, 0.5) is 0 Å². The van der Waals surface area contributed by atoms with Gasteiger partial charge in [0, 0.05) is 5.56 Å². The Balaban J connectivity index is 2.56. The predicted octanol–water partition coefficient (Wildman–Crippen LogP) is 0.311. The number of ether oxygens (including phenoxy) is 1. The van der Waals surface area contributed by atoms with Gasteiger partial charge in [0.25, 0.3) is 0 Å². The van der Waals surface area contributed by atoms with E-state index in [1.807, 2.05) is 6.92 Å². The Kier molecular flexibility index (Phi) is 3.23. The van der Waals surface area contributed by atoms with Crippen molar-refractivity contribution in [3.8, 4) is 11.5 Å². The topological polar surface area (TPSA) is 75.5 Å². The molecule has 0 aliphatic carbocycles. The Labute approximate surface area is 103 Å². The molecule has 0 fully saturated rings. The number of nitrogens with one attached hydrogen (secondary N) is 1. The molecule has 0 saturated carbocycles. The first kappa shape index (κ1) is 12.0. The summed E-state index contributed by atoms with van der Waals surface area (Å²) in [5, 5.41) is 10.2. The monoisotopic (exact) mass is 247 g/mol. The second-order valence-electron chi connectivity index (χ2n) is 3.62. The van der Waals surface area contributed by atoms with Gasteiger partial charge in [-0.2, -0.15) is 0 Å². The molecule has 0 atom stereocenters. The number of rotatable bonds is 3. The van der Waals surface area contributed by atoms with Crippen LogP contribution >= 0.6 is 0 Å². The number of hydrogen-bond donors (Lipinski definition) is 2. The standard InChI is InChI=1S/C13H13NO4/c1-3-17-11-6-4-5-9(12(11)15)7-10-13(16)18-8(2)14-10/h4-7,14-15H,2-3H2,1H3/b10-7-. The van der Waals surface area contributed by atoms with E-state index < -0.39 is 5.63 Å². The van der Waals surface area contributed by atoms with Crippen LogP contribution in [0.1, 0.15) is 12.5 Å². The van der Waals surface area contributed by atoms with Crippen molar-refractivity contribution in [2.24, 2.45) is 0 Å². The van der Waals surface area contributed by atoms with Gasteiger partial charge in [-0.25, -0.2) is 4.79 Å². The lowest BCUT2D eigenvalue weighted by Crippen LogP contribution is -2.21. The smallest absolute Gasteiger partial charge is 0.361 e. The van der Waals surface area contributed by atoms with E-state index in [0.29, 0.717) is 17.9 Å². The van der Waals surface area contributed by atoms with Crippen molar-refractivity contribution in [2.45, 2.75) is 6.92 Å². The molecule has 0 bridgehead atoms. The molecule has 1 aromatic carbocycles. The van der Waals surface area contributed by atoms with Gasteiger partial charge in [-0.05, 0) is 25.6 Å². The molecule has 0 spiro atoms. The van der Waals surface area contributed by atoms with Crippen LogP contribution in [0.15, 0.2) is 27.4 Å². The molecule has 5 heteroatoms. The van der Waals surface area contributed by atoms with Crippen LogP contribution in [0.3, 0.4) is 0 Å². The highest BCUT2D eigenvalue weighted by Gasteiger charge is 2.06. The summed E-state index contributed by atoms with van der Waals surface area (Å²) in [5.41, 5.74) is 0.114. The van der Waals surface area contributed by atoms with Crippen molar-refractivity contribution >= 4 is 12.7 Å². The summed E-state index contributed by atoms with van der Waals surface area (Å²) >= 11 is 0. The van der Waals surface area contributed by atoms with Gasteiger partial charge in [0.05, 0.1) is 6.61 Å². The zero-order chi connectivity index (χ0) is 13.1. The molecule has 0 aliphatic heterocycles. The first-order valence-corrected chi connectivity index (χ1v) is 5.46. The molecule has 0 amide bonds. The molecule has 2 aromatic rings. The van der Waals surface area contributed by atoms with Crippen LogP contribution in [0.5, 0.6) is 11.5 Å². The molecule has 5 nitrogen and oxygen atoms in total. The lowest BCUT2D eigenvalue weighted by Gasteiger charge is -2.06. The lowest BCUT2D eigenvalue weighted by molar-refractivity contribution is 0.318. The summed E-state index contributed by atoms with van der Waals surface area (Å²) in [6.07, 6.45) is 1.48. The largest absolute Gasteiger partial charge is 0.504 e. The number of benzene rings is 1. The lowest BCUT2D eigenvalue weighted by atomic mass is 10.1. The molecular formula is C13H13NO4. The summed E-state index contributed by atoms with van der Waals surface area (Å²) in [5.74, 6) is 0.357. The second kappa shape index (κ2) is 4.83. The third kappa shape index (κ3) is 2.29. The number of hydrogen-bond acceptors (Lipinski definition) is 4. The zero-order valence-corrected chi connectivity index (χ0v) is 9.90. The molecule has 0 saturated heterocycles. The quantitative estimate of drug-likeness (QED) is 0.818. The fourth-order valence-electron chi connectivity index (χ4n) is 1.57. The Morgan fingerprint density at radius 2 is 2.33 bits per heavy atom. The SMILES string of the molecule is C=c1[nH]/c(=C\c2cccc(OCC)c2O)c(=O)o1. The van der Waals surface area contributed by atoms with Crippen LogP contribution in [0.2, 0.25) is 0 Å². The van der Waals surface area contributed by atoms with Gasteiger partial charge in [-0.15, -0.1) is 0 Å². The van der Waals surface area contributed by atoms with Crippen molar-refractivity contribution in [3.63, 3.8) is 0 Å². The number of phenols is 1. The first-order valence-electron chi connectivity index (χ1n) is 5.46. The minimum Gasteiger partial charge on any atom is -0.504 e. The molecule has 1 aromatic heterocycles. The Morgan fingerprint density at radius 3 is 2.94 bits per heavy atom. The molecule has 2 N–H and O–H groups in total. The van der Waals surface area contributed by atoms with E-state index in [4.69, 9.17) is 9.15 Å². The molecule has 2 rings (SSSR count). The summed E-state index contributed by atoms with van der Waals surface area (Å²) in [4.78, 5) is 14.1.